The fourth-order valence-corrected chi connectivity index (χ4v) is 4.57. The zero-order chi connectivity index (χ0) is 16.0. The number of nitrogens with zero attached hydrogens (tertiary/aromatic N) is 4. The van der Waals surface area contributed by atoms with Crippen molar-refractivity contribution in [3.8, 4) is 0 Å². The van der Waals surface area contributed by atoms with Gasteiger partial charge in [0.05, 0.1) is 11.2 Å². The van der Waals surface area contributed by atoms with Crippen LogP contribution < -0.4 is 0 Å². The van der Waals surface area contributed by atoms with E-state index in [0.29, 0.717) is 17.7 Å². The lowest BCUT2D eigenvalue weighted by Crippen LogP contribution is -2.40. The van der Waals surface area contributed by atoms with E-state index in [1.165, 1.54) is 10.6 Å². The Bertz CT molecular complexity index is 722. The molecule has 2 aromatic rings. The first-order valence-corrected chi connectivity index (χ1v) is 9.19. The maximum absolute atomic E-state index is 12.8. The van der Waals surface area contributed by atoms with Crippen LogP contribution in [-0.2, 0) is 11.8 Å². The van der Waals surface area contributed by atoms with Gasteiger partial charge in [-0.2, -0.15) is 5.10 Å². The molecule has 0 aromatic carbocycles. The quantitative estimate of drug-likeness (QED) is 0.869. The highest BCUT2D eigenvalue weighted by Gasteiger charge is 2.47. The molecule has 3 atom stereocenters. The number of aromatic nitrogens is 3. The van der Waals surface area contributed by atoms with Crippen LogP contribution >= 0.6 is 11.3 Å². The summed E-state index contributed by atoms with van der Waals surface area (Å²) in [4.78, 5) is 19.5. The average molecular weight is 330 g/mol. The van der Waals surface area contributed by atoms with E-state index in [-0.39, 0.29) is 5.92 Å². The van der Waals surface area contributed by atoms with Gasteiger partial charge in [-0.05, 0) is 37.7 Å². The minimum atomic E-state index is 0.163. The fraction of sp³-hybridized carbons (Fsp3) is 0.588. The third-order valence-electron chi connectivity index (χ3n) is 4.98. The number of aryl methyl sites for hydroxylation is 2. The van der Waals surface area contributed by atoms with Crippen LogP contribution in [0.25, 0.3) is 0 Å². The van der Waals surface area contributed by atoms with Crippen LogP contribution in [0.1, 0.15) is 47.4 Å². The first kappa shape index (κ1) is 14.9. The molecule has 1 amide bonds. The molecular weight excluding hydrogens is 308 g/mol. The normalized spacial score (nSPS) is 27.2. The standard InChI is InChI=1S/C17H22N4OS/c1-11-10-23-16(19-11)12-4-3-5-21(9-12)17(22)15-6-14(15)13-7-18-20(2)8-13/h7-8,10,12,14-15H,3-6,9H2,1-2H3/t12-,14+,15+/m1/s1. The lowest BCUT2D eigenvalue weighted by Gasteiger charge is -2.32. The molecule has 3 heterocycles. The van der Waals surface area contributed by atoms with Crippen LogP contribution in [0.4, 0.5) is 0 Å². The number of hydrogen-bond acceptors (Lipinski definition) is 4. The molecule has 2 fully saturated rings. The van der Waals surface area contributed by atoms with E-state index in [2.05, 4.69) is 20.4 Å². The summed E-state index contributed by atoms with van der Waals surface area (Å²) in [6.07, 6.45) is 7.14. The summed E-state index contributed by atoms with van der Waals surface area (Å²) in [6.45, 7) is 3.77. The van der Waals surface area contributed by atoms with Crippen LogP contribution in [0.15, 0.2) is 17.8 Å². The molecule has 1 aliphatic heterocycles. The molecule has 0 unspecified atom stereocenters. The van der Waals surface area contributed by atoms with Crippen molar-refractivity contribution in [1.82, 2.24) is 19.7 Å². The number of carbonyl (C=O) groups excluding carboxylic acids is 1. The predicted molar refractivity (Wildman–Crippen MR) is 89.5 cm³/mol. The molecule has 2 aliphatic rings. The Balaban J connectivity index is 1.41. The minimum absolute atomic E-state index is 0.163. The summed E-state index contributed by atoms with van der Waals surface area (Å²) in [6, 6.07) is 0. The van der Waals surface area contributed by atoms with Crippen molar-refractivity contribution in [3.05, 3.63) is 34.0 Å². The van der Waals surface area contributed by atoms with E-state index in [9.17, 15) is 4.79 Å². The van der Waals surface area contributed by atoms with Gasteiger partial charge in [-0.25, -0.2) is 4.98 Å². The van der Waals surface area contributed by atoms with Crippen molar-refractivity contribution in [1.29, 1.82) is 0 Å². The van der Waals surface area contributed by atoms with Gasteiger partial charge >= 0.3 is 0 Å². The van der Waals surface area contributed by atoms with Crippen molar-refractivity contribution in [2.24, 2.45) is 13.0 Å². The number of piperidine rings is 1. The van der Waals surface area contributed by atoms with Crippen molar-refractivity contribution in [2.45, 2.75) is 38.0 Å². The van der Waals surface area contributed by atoms with E-state index >= 15 is 0 Å². The number of amides is 1. The zero-order valence-electron chi connectivity index (χ0n) is 13.6. The number of likely N-dealkylation sites (tertiary alicyclic amines) is 1. The SMILES string of the molecule is Cc1csc([C@@H]2CCCN(C(=O)[C@H]3C[C@H]3c3cnn(C)c3)C2)n1. The molecule has 23 heavy (non-hydrogen) atoms. The van der Waals surface area contributed by atoms with Gasteiger partial charge in [-0.3, -0.25) is 9.48 Å². The highest BCUT2D eigenvalue weighted by molar-refractivity contribution is 7.09. The first-order valence-electron chi connectivity index (χ1n) is 8.31. The second kappa shape index (κ2) is 5.74. The van der Waals surface area contributed by atoms with Crippen molar-refractivity contribution < 1.29 is 4.79 Å². The molecule has 0 spiro atoms. The number of carbonyl (C=O) groups is 1. The van der Waals surface area contributed by atoms with Gasteiger partial charge in [0, 0.05) is 49.2 Å². The summed E-state index contributed by atoms with van der Waals surface area (Å²) in [5, 5.41) is 7.52. The molecule has 122 valence electrons. The molecule has 0 bridgehead atoms. The Morgan fingerprint density at radius 2 is 2.30 bits per heavy atom. The molecule has 2 aromatic heterocycles. The number of hydrogen-bond donors (Lipinski definition) is 0. The van der Waals surface area contributed by atoms with Gasteiger partial charge in [-0.15, -0.1) is 11.3 Å². The monoisotopic (exact) mass is 330 g/mol. The summed E-state index contributed by atoms with van der Waals surface area (Å²) in [5.74, 6) is 1.29. The summed E-state index contributed by atoms with van der Waals surface area (Å²) in [7, 11) is 1.92. The fourth-order valence-electron chi connectivity index (χ4n) is 3.64. The number of rotatable bonds is 3. The topological polar surface area (TPSA) is 51.0 Å². The molecule has 4 rings (SSSR count). The maximum Gasteiger partial charge on any atom is 0.226 e. The second-order valence-electron chi connectivity index (χ2n) is 6.85. The third-order valence-corrected chi connectivity index (χ3v) is 6.10. The Morgan fingerprint density at radius 1 is 1.43 bits per heavy atom. The van der Waals surface area contributed by atoms with Crippen LogP contribution in [-0.4, -0.2) is 38.7 Å². The van der Waals surface area contributed by atoms with E-state index in [0.717, 1.165) is 38.0 Å². The predicted octanol–water partition coefficient (Wildman–Crippen LogP) is 2.69. The minimum Gasteiger partial charge on any atom is -0.342 e. The van der Waals surface area contributed by atoms with Gasteiger partial charge in [0.2, 0.25) is 5.91 Å². The van der Waals surface area contributed by atoms with E-state index in [1.807, 2.05) is 31.0 Å². The first-order chi connectivity index (χ1) is 11.1. The smallest absolute Gasteiger partial charge is 0.226 e. The molecular formula is C17H22N4OS. The maximum atomic E-state index is 12.8. The highest BCUT2D eigenvalue weighted by atomic mass is 32.1. The molecule has 0 N–H and O–H groups in total. The zero-order valence-corrected chi connectivity index (χ0v) is 14.4. The van der Waals surface area contributed by atoms with Crippen molar-refractivity contribution >= 4 is 17.2 Å². The van der Waals surface area contributed by atoms with Gasteiger partial charge in [0.25, 0.3) is 0 Å². The lowest BCUT2D eigenvalue weighted by molar-refractivity contribution is -0.133. The lowest BCUT2D eigenvalue weighted by atomic mass is 9.98. The number of thiazole rings is 1. The molecule has 6 heteroatoms. The van der Waals surface area contributed by atoms with Crippen LogP contribution in [0.2, 0.25) is 0 Å². The Morgan fingerprint density at radius 3 is 3.00 bits per heavy atom. The molecule has 0 radical (unpaired) electrons. The second-order valence-corrected chi connectivity index (χ2v) is 7.74. The Hall–Kier alpha value is -1.69. The largest absolute Gasteiger partial charge is 0.342 e. The van der Waals surface area contributed by atoms with E-state index in [1.54, 1.807) is 11.3 Å². The van der Waals surface area contributed by atoms with Crippen molar-refractivity contribution in [2.75, 3.05) is 13.1 Å². The third kappa shape index (κ3) is 2.92. The van der Waals surface area contributed by atoms with Gasteiger partial charge < -0.3 is 4.90 Å². The average Bonchev–Trinajstić information content (AvgIpc) is 3.04. The van der Waals surface area contributed by atoms with Gasteiger partial charge in [0.1, 0.15) is 0 Å². The molecule has 1 saturated carbocycles. The molecule has 1 saturated heterocycles. The highest BCUT2D eigenvalue weighted by Crippen LogP contribution is 2.48. The summed E-state index contributed by atoms with van der Waals surface area (Å²) >= 11 is 1.73. The van der Waals surface area contributed by atoms with Gasteiger partial charge in [0.15, 0.2) is 0 Å². The summed E-state index contributed by atoms with van der Waals surface area (Å²) in [5.41, 5.74) is 2.29. The Kier molecular flexibility index (Phi) is 3.71. The molecule has 1 aliphatic carbocycles. The van der Waals surface area contributed by atoms with Crippen LogP contribution in [0.5, 0.6) is 0 Å². The van der Waals surface area contributed by atoms with E-state index < -0.39 is 0 Å². The van der Waals surface area contributed by atoms with Crippen molar-refractivity contribution in [3.63, 3.8) is 0 Å². The van der Waals surface area contributed by atoms with Crippen LogP contribution in [0, 0.1) is 12.8 Å². The Labute approximate surface area is 140 Å². The van der Waals surface area contributed by atoms with Gasteiger partial charge in [-0.1, -0.05) is 0 Å². The summed E-state index contributed by atoms with van der Waals surface area (Å²) < 4.78 is 1.82. The van der Waals surface area contributed by atoms with E-state index in [4.69, 9.17) is 0 Å². The van der Waals surface area contributed by atoms with Crippen LogP contribution in [0.3, 0.4) is 0 Å². The molecule has 5 nitrogen and oxygen atoms in total.